The summed E-state index contributed by atoms with van der Waals surface area (Å²) in [6.07, 6.45) is 0.0882. The van der Waals surface area contributed by atoms with Crippen molar-refractivity contribution >= 4 is 0 Å². The zero-order chi connectivity index (χ0) is 11.5. The fourth-order valence-electron chi connectivity index (χ4n) is 2.20. The maximum absolute atomic E-state index is 5.70. The van der Waals surface area contributed by atoms with Gasteiger partial charge in [0.05, 0.1) is 13.2 Å². The minimum Gasteiger partial charge on any atom is -0.376 e. The van der Waals surface area contributed by atoms with Crippen LogP contribution in [-0.4, -0.2) is 51.3 Å². The zero-order valence-corrected chi connectivity index (χ0v) is 10.3. The Hall–Kier alpha value is -0.160. The van der Waals surface area contributed by atoms with Crippen molar-refractivity contribution in [3.05, 3.63) is 0 Å². The third kappa shape index (κ3) is 2.04. The van der Waals surface area contributed by atoms with Gasteiger partial charge in [0.2, 0.25) is 0 Å². The smallest absolute Gasteiger partial charge is 0.122 e. The topological polar surface area (TPSA) is 36.9 Å². The largest absolute Gasteiger partial charge is 0.376 e. The van der Waals surface area contributed by atoms with Crippen molar-refractivity contribution in [1.29, 1.82) is 0 Å². The Kier molecular flexibility index (Phi) is 4.52. The van der Waals surface area contributed by atoms with Crippen LogP contribution in [0.15, 0.2) is 0 Å². The van der Waals surface area contributed by atoms with Crippen LogP contribution < -0.4 is 0 Å². The van der Waals surface area contributed by atoms with E-state index >= 15 is 0 Å². The lowest BCUT2D eigenvalue weighted by Crippen LogP contribution is -2.45. The van der Waals surface area contributed by atoms with E-state index in [1.807, 2.05) is 20.8 Å². The summed E-state index contributed by atoms with van der Waals surface area (Å²) < 4.78 is 21.9. The van der Waals surface area contributed by atoms with Gasteiger partial charge in [-0.3, -0.25) is 0 Å². The van der Waals surface area contributed by atoms with Gasteiger partial charge in [0.15, 0.2) is 0 Å². The molecule has 2 aliphatic rings. The third-order valence-electron chi connectivity index (χ3n) is 3.11. The van der Waals surface area contributed by atoms with Crippen LogP contribution >= 0.6 is 0 Å². The number of hydrogen-bond donors (Lipinski definition) is 0. The SMILES string of the molecule is CC.CO[C@H]1CO[C@@]2(C)[C@@H](OC)CO[C@@H]12. The van der Waals surface area contributed by atoms with Gasteiger partial charge in [-0.05, 0) is 6.92 Å². The summed E-state index contributed by atoms with van der Waals surface area (Å²) in [6, 6.07) is 0. The van der Waals surface area contributed by atoms with Gasteiger partial charge in [0.25, 0.3) is 0 Å². The lowest BCUT2D eigenvalue weighted by molar-refractivity contribution is -0.0774. The molecule has 90 valence electrons. The highest BCUT2D eigenvalue weighted by molar-refractivity contribution is 5.05. The Labute approximate surface area is 91.8 Å². The van der Waals surface area contributed by atoms with Gasteiger partial charge in [0.1, 0.15) is 23.9 Å². The molecule has 15 heavy (non-hydrogen) atoms. The van der Waals surface area contributed by atoms with E-state index in [1.165, 1.54) is 0 Å². The van der Waals surface area contributed by atoms with E-state index in [9.17, 15) is 0 Å². The third-order valence-corrected chi connectivity index (χ3v) is 3.11. The van der Waals surface area contributed by atoms with E-state index in [0.717, 1.165) is 0 Å². The van der Waals surface area contributed by atoms with Crippen LogP contribution in [0.1, 0.15) is 20.8 Å². The minimum absolute atomic E-state index is 0.0162. The van der Waals surface area contributed by atoms with Gasteiger partial charge in [-0.25, -0.2) is 0 Å². The molecular formula is C11H22O4. The Balaban J connectivity index is 0.000000531. The molecule has 0 aliphatic carbocycles. The van der Waals surface area contributed by atoms with Crippen molar-refractivity contribution in [3.8, 4) is 0 Å². The molecule has 0 unspecified atom stereocenters. The second kappa shape index (κ2) is 5.25. The predicted octanol–water partition coefficient (Wildman–Crippen LogP) is 1.23. The molecule has 0 amide bonds. The van der Waals surface area contributed by atoms with Crippen LogP contribution in [0.4, 0.5) is 0 Å². The number of rotatable bonds is 2. The van der Waals surface area contributed by atoms with Crippen molar-refractivity contribution < 1.29 is 18.9 Å². The van der Waals surface area contributed by atoms with Crippen molar-refractivity contribution in [2.45, 2.75) is 44.7 Å². The molecule has 2 rings (SSSR count). The number of methoxy groups -OCH3 is 2. The van der Waals surface area contributed by atoms with E-state index in [-0.39, 0.29) is 23.9 Å². The van der Waals surface area contributed by atoms with Crippen LogP contribution in [0.2, 0.25) is 0 Å². The molecule has 0 aromatic rings. The summed E-state index contributed by atoms with van der Waals surface area (Å²) >= 11 is 0. The second-order valence-electron chi connectivity index (χ2n) is 3.75. The first-order valence-electron chi connectivity index (χ1n) is 5.53. The fourth-order valence-corrected chi connectivity index (χ4v) is 2.20. The molecule has 4 nitrogen and oxygen atoms in total. The molecule has 2 fully saturated rings. The predicted molar refractivity (Wildman–Crippen MR) is 57.0 cm³/mol. The first-order chi connectivity index (χ1) is 7.22. The first-order valence-corrected chi connectivity index (χ1v) is 5.53. The Morgan fingerprint density at radius 1 is 1.13 bits per heavy atom. The molecule has 2 saturated heterocycles. The molecule has 4 heteroatoms. The first kappa shape index (κ1) is 12.9. The fraction of sp³-hybridized carbons (Fsp3) is 1.00. The van der Waals surface area contributed by atoms with E-state index < -0.39 is 0 Å². The Bertz CT molecular complexity index is 197. The number of ether oxygens (including phenoxy) is 4. The molecular weight excluding hydrogens is 196 g/mol. The molecule has 2 heterocycles. The summed E-state index contributed by atoms with van der Waals surface area (Å²) in [5, 5.41) is 0. The molecule has 0 bridgehead atoms. The van der Waals surface area contributed by atoms with Crippen LogP contribution in [0.25, 0.3) is 0 Å². The highest BCUT2D eigenvalue weighted by Gasteiger charge is 2.57. The van der Waals surface area contributed by atoms with Gasteiger partial charge >= 0.3 is 0 Å². The van der Waals surface area contributed by atoms with Crippen molar-refractivity contribution in [1.82, 2.24) is 0 Å². The minimum atomic E-state index is -0.324. The van der Waals surface area contributed by atoms with Crippen LogP contribution in [0.3, 0.4) is 0 Å². The molecule has 0 N–H and O–H groups in total. The maximum Gasteiger partial charge on any atom is 0.122 e. The van der Waals surface area contributed by atoms with Gasteiger partial charge < -0.3 is 18.9 Å². The highest BCUT2D eigenvalue weighted by Crippen LogP contribution is 2.39. The lowest BCUT2D eigenvalue weighted by Gasteiger charge is -2.27. The molecule has 0 aromatic carbocycles. The zero-order valence-electron chi connectivity index (χ0n) is 10.3. The summed E-state index contributed by atoms with van der Waals surface area (Å²) in [5.74, 6) is 0. The van der Waals surface area contributed by atoms with Crippen molar-refractivity contribution in [3.63, 3.8) is 0 Å². The summed E-state index contributed by atoms with van der Waals surface area (Å²) in [5.41, 5.74) is -0.324. The standard InChI is InChI=1S/C9H16O4.C2H6/c1-9-7(11-3)5-12-8(9)6(10-2)4-13-9;1-2/h6-8H,4-5H2,1-3H3;1-2H3/t6-,7-,8-,9-;/m0./s1. The van der Waals surface area contributed by atoms with Gasteiger partial charge in [-0.2, -0.15) is 0 Å². The average Bonchev–Trinajstić information content (AvgIpc) is 2.75. The van der Waals surface area contributed by atoms with Crippen LogP contribution in [-0.2, 0) is 18.9 Å². The monoisotopic (exact) mass is 218 g/mol. The summed E-state index contributed by atoms with van der Waals surface area (Å²) in [7, 11) is 3.37. The average molecular weight is 218 g/mol. The Morgan fingerprint density at radius 2 is 1.80 bits per heavy atom. The van der Waals surface area contributed by atoms with Crippen molar-refractivity contribution in [2.75, 3.05) is 27.4 Å². The van der Waals surface area contributed by atoms with Gasteiger partial charge in [-0.15, -0.1) is 0 Å². The maximum atomic E-state index is 5.70. The van der Waals surface area contributed by atoms with E-state index in [4.69, 9.17) is 18.9 Å². The Morgan fingerprint density at radius 3 is 2.33 bits per heavy atom. The second-order valence-corrected chi connectivity index (χ2v) is 3.75. The quantitative estimate of drug-likeness (QED) is 0.698. The molecule has 0 radical (unpaired) electrons. The van der Waals surface area contributed by atoms with E-state index in [0.29, 0.717) is 13.2 Å². The lowest BCUT2D eigenvalue weighted by atomic mass is 9.95. The van der Waals surface area contributed by atoms with Gasteiger partial charge in [-0.1, -0.05) is 13.8 Å². The summed E-state index contributed by atoms with van der Waals surface area (Å²) in [6.45, 7) is 7.22. The van der Waals surface area contributed by atoms with Crippen molar-refractivity contribution in [2.24, 2.45) is 0 Å². The number of hydrogen-bond acceptors (Lipinski definition) is 4. The van der Waals surface area contributed by atoms with E-state index in [2.05, 4.69) is 0 Å². The highest BCUT2D eigenvalue weighted by atomic mass is 16.6. The molecule has 2 aliphatic heterocycles. The molecule has 4 atom stereocenters. The molecule has 0 saturated carbocycles. The van der Waals surface area contributed by atoms with E-state index in [1.54, 1.807) is 14.2 Å². The number of fused-ring (bicyclic) bond motifs is 1. The normalized spacial score (nSPS) is 43.4. The van der Waals surface area contributed by atoms with Gasteiger partial charge in [0, 0.05) is 14.2 Å². The molecule has 0 aromatic heterocycles. The molecule has 0 spiro atoms. The van der Waals surface area contributed by atoms with Crippen LogP contribution in [0.5, 0.6) is 0 Å². The summed E-state index contributed by atoms with van der Waals surface area (Å²) in [4.78, 5) is 0. The van der Waals surface area contributed by atoms with Crippen LogP contribution in [0, 0.1) is 0 Å².